The molecule has 0 fully saturated rings. The predicted molar refractivity (Wildman–Crippen MR) is 40.9 cm³/mol. The van der Waals surface area contributed by atoms with Crippen LogP contribution in [-0.2, 0) is 0 Å². The summed E-state index contributed by atoms with van der Waals surface area (Å²) < 4.78 is 0. The van der Waals surface area contributed by atoms with E-state index in [4.69, 9.17) is 9.78 Å². The zero-order valence-electron chi connectivity index (χ0n) is 6.81. The molecule has 0 N–H and O–H groups in total. The average Bonchev–Trinajstić information content (AvgIpc) is 2.29. The van der Waals surface area contributed by atoms with Gasteiger partial charge in [-0.1, -0.05) is 10.2 Å². The Balaban J connectivity index is 1.96. The fraction of sp³-hybridized carbons (Fsp3) is 0. The van der Waals surface area contributed by atoms with Crippen LogP contribution in [-0.4, -0.2) is 30.8 Å². The third-order valence-corrected chi connectivity index (χ3v) is 1.17. The van der Waals surface area contributed by atoms with E-state index < -0.39 is 0 Å². The zero-order chi connectivity index (χ0) is 9.64. The van der Waals surface area contributed by atoms with Gasteiger partial charge < -0.3 is 0 Å². The summed E-state index contributed by atoms with van der Waals surface area (Å²) >= 11 is 0. The van der Waals surface area contributed by atoms with E-state index >= 15 is 0 Å². The second kappa shape index (κ2) is 4.03. The van der Waals surface area contributed by atoms with Gasteiger partial charge in [0.2, 0.25) is 0 Å². The number of aromatic nitrogens is 6. The summed E-state index contributed by atoms with van der Waals surface area (Å²) in [6.07, 6.45) is 2.84. The van der Waals surface area contributed by atoms with Crippen molar-refractivity contribution >= 4 is 0 Å². The van der Waals surface area contributed by atoms with Gasteiger partial charge in [0.25, 0.3) is 11.8 Å². The minimum Gasteiger partial charge on any atom is -0.266 e. The molecule has 8 heteroatoms. The Bertz CT molecular complexity index is 343. The van der Waals surface area contributed by atoms with Crippen LogP contribution in [0.15, 0.2) is 24.5 Å². The number of nitrogens with zero attached hydrogens (tertiary/aromatic N) is 6. The molecule has 0 saturated carbocycles. The Morgan fingerprint density at radius 2 is 1.29 bits per heavy atom. The maximum absolute atomic E-state index is 4.75. The standard InChI is InChI=1S/C6H4N6O2/c1-3-7-11-9-5(1)13-14-6-2-4-8-12-10-6/h1-4H. The molecule has 2 rings (SSSR count). The van der Waals surface area contributed by atoms with Crippen LogP contribution < -0.4 is 9.78 Å². The van der Waals surface area contributed by atoms with Gasteiger partial charge in [-0.3, -0.25) is 9.78 Å². The quantitative estimate of drug-likeness (QED) is 0.471. The maximum Gasteiger partial charge on any atom is 0.291 e. The summed E-state index contributed by atoms with van der Waals surface area (Å²) in [4.78, 5) is 9.50. The van der Waals surface area contributed by atoms with Crippen LogP contribution in [0.5, 0.6) is 11.8 Å². The normalized spacial score (nSPS) is 9.43. The predicted octanol–water partition coefficient (Wildman–Crippen LogP) is -0.571. The first kappa shape index (κ1) is 8.23. The van der Waals surface area contributed by atoms with Crippen LogP contribution in [0.2, 0.25) is 0 Å². The van der Waals surface area contributed by atoms with Crippen LogP contribution in [0.25, 0.3) is 0 Å². The lowest BCUT2D eigenvalue weighted by Crippen LogP contribution is -2.05. The first-order valence-electron chi connectivity index (χ1n) is 3.58. The molecule has 0 saturated heterocycles. The molecule has 2 aromatic rings. The fourth-order valence-electron chi connectivity index (χ4n) is 0.635. The highest BCUT2D eigenvalue weighted by Gasteiger charge is 1.99. The molecule has 0 atom stereocenters. The Morgan fingerprint density at radius 3 is 1.64 bits per heavy atom. The number of hydrogen-bond acceptors (Lipinski definition) is 8. The molecule has 0 bridgehead atoms. The van der Waals surface area contributed by atoms with Crippen molar-refractivity contribution in [1.82, 2.24) is 30.8 Å². The smallest absolute Gasteiger partial charge is 0.266 e. The summed E-state index contributed by atoms with van der Waals surface area (Å²) in [5, 5.41) is 20.7. The largest absolute Gasteiger partial charge is 0.291 e. The zero-order valence-corrected chi connectivity index (χ0v) is 6.81. The summed E-state index contributed by atoms with van der Waals surface area (Å²) in [6.45, 7) is 0. The molecule has 0 aliphatic carbocycles. The molecule has 0 radical (unpaired) electrons. The molecule has 14 heavy (non-hydrogen) atoms. The van der Waals surface area contributed by atoms with E-state index in [1.165, 1.54) is 24.5 Å². The Kier molecular flexibility index (Phi) is 2.37. The lowest BCUT2D eigenvalue weighted by atomic mass is 10.7. The first-order chi connectivity index (χ1) is 6.95. The molecular formula is C6H4N6O2. The van der Waals surface area contributed by atoms with Crippen molar-refractivity contribution in [1.29, 1.82) is 0 Å². The second-order valence-electron chi connectivity index (χ2n) is 2.08. The minimum atomic E-state index is 0.179. The van der Waals surface area contributed by atoms with E-state index in [2.05, 4.69) is 30.8 Å². The first-order valence-corrected chi connectivity index (χ1v) is 3.58. The highest BCUT2D eigenvalue weighted by Crippen LogP contribution is 2.05. The Labute approximate surface area is 77.8 Å². The van der Waals surface area contributed by atoms with Gasteiger partial charge in [-0.15, -0.1) is 10.2 Å². The summed E-state index contributed by atoms with van der Waals surface area (Å²) in [5.41, 5.74) is 0. The van der Waals surface area contributed by atoms with E-state index in [9.17, 15) is 0 Å². The third-order valence-electron chi connectivity index (χ3n) is 1.17. The minimum absolute atomic E-state index is 0.179. The Morgan fingerprint density at radius 1 is 0.786 bits per heavy atom. The van der Waals surface area contributed by atoms with Gasteiger partial charge in [0.05, 0.1) is 12.4 Å². The van der Waals surface area contributed by atoms with Gasteiger partial charge >= 0.3 is 0 Å². The molecule has 0 spiro atoms. The van der Waals surface area contributed by atoms with Crippen molar-refractivity contribution in [2.45, 2.75) is 0 Å². The SMILES string of the molecule is c1cc(OOc2ccnnn2)nnn1. The van der Waals surface area contributed by atoms with Crippen molar-refractivity contribution in [3.05, 3.63) is 24.5 Å². The molecule has 2 aromatic heterocycles. The molecule has 70 valence electrons. The van der Waals surface area contributed by atoms with E-state index in [0.29, 0.717) is 0 Å². The highest BCUT2D eigenvalue weighted by molar-refractivity contribution is 5.04. The van der Waals surface area contributed by atoms with E-state index in [1.54, 1.807) is 0 Å². The second-order valence-corrected chi connectivity index (χ2v) is 2.08. The highest BCUT2D eigenvalue weighted by atomic mass is 17.2. The van der Waals surface area contributed by atoms with Gasteiger partial charge in [0, 0.05) is 12.1 Å². The van der Waals surface area contributed by atoms with Gasteiger partial charge in [0.1, 0.15) is 0 Å². The molecular weight excluding hydrogens is 188 g/mol. The Hall–Kier alpha value is -2.38. The van der Waals surface area contributed by atoms with Crippen molar-refractivity contribution in [2.24, 2.45) is 0 Å². The molecule has 0 aliphatic heterocycles. The van der Waals surface area contributed by atoms with Crippen molar-refractivity contribution < 1.29 is 9.78 Å². The molecule has 0 amide bonds. The van der Waals surface area contributed by atoms with Gasteiger partial charge in [-0.25, -0.2) is 0 Å². The van der Waals surface area contributed by atoms with Gasteiger partial charge in [-0.2, -0.15) is 0 Å². The maximum atomic E-state index is 4.75. The summed E-state index contributed by atoms with van der Waals surface area (Å²) in [5.74, 6) is 0.359. The van der Waals surface area contributed by atoms with Gasteiger partial charge in [-0.05, 0) is 10.4 Å². The molecule has 0 aromatic carbocycles. The number of hydrogen-bond donors (Lipinski definition) is 0. The lowest BCUT2D eigenvalue weighted by molar-refractivity contribution is -0.110. The van der Waals surface area contributed by atoms with Crippen molar-refractivity contribution in [3.63, 3.8) is 0 Å². The fourth-order valence-corrected chi connectivity index (χ4v) is 0.635. The van der Waals surface area contributed by atoms with Crippen LogP contribution >= 0.6 is 0 Å². The van der Waals surface area contributed by atoms with Crippen molar-refractivity contribution in [3.8, 4) is 11.8 Å². The van der Waals surface area contributed by atoms with E-state index in [0.717, 1.165) is 0 Å². The van der Waals surface area contributed by atoms with Crippen molar-refractivity contribution in [2.75, 3.05) is 0 Å². The molecule has 0 unspecified atom stereocenters. The monoisotopic (exact) mass is 192 g/mol. The van der Waals surface area contributed by atoms with E-state index in [1.807, 2.05) is 0 Å². The third kappa shape index (κ3) is 2.06. The van der Waals surface area contributed by atoms with Crippen LogP contribution in [0.4, 0.5) is 0 Å². The topological polar surface area (TPSA) is 95.8 Å². The molecule has 2 heterocycles. The summed E-state index contributed by atoms with van der Waals surface area (Å²) in [7, 11) is 0. The van der Waals surface area contributed by atoms with Crippen LogP contribution in [0.1, 0.15) is 0 Å². The lowest BCUT2D eigenvalue weighted by Gasteiger charge is -2.00. The van der Waals surface area contributed by atoms with Gasteiger partial charge in [0.15, 0.2) is 0 Å². The number of rotatable bonds is 3. The average molecular weight is 192 g/mol. The molecule has 8 nitrogen and oxygen atoms in total. The van der Waals surface area contributed by atoms with Crippen LogP contribution in [0, 0.1) is 0 Å². The molecule has 0 aliphatic rings. The van der Waals surface area contributed by atoms with Crippen LogP contribution in [0.3, 0.4) is 0 Å². The van der Waals surface area contributed by atoms with E-state index in [-0.39, 0.29) is 11.8 Å². The summed E-state index contributed by atoms with van der Waals surface area (Å²) in [6, 6.07) is 2.98.